The largest absolute Gasteiger partial charge is 0.293 e. The van der Waals surface area contributed by atoms with Crippen molar-refractivity contribution in [2.45, 2.75) is 25.7 Å². The van der Waals surface area contributed by atoms with Crippen LogP contribution in [0.25, 0.3) is 0 Å². The van der Waals surface area contributed by atoms with Gasteiger partial charge in [0.15, 0.2) is 5.78 Å². The molecule has 1 aromatic rings. The molecule has 1 atom stereocenters. The van der Waals surface area contributed by atoms with Crippen molar-refractivity contribution < 1.29 is 4.79 Å². The molecule has 1 saturated carbocycles. The van der Waals surface area contributed by atoms with Crippen molar-refractivity contribution in [1.82, 2.24) is 4.37 Å². The highest BCUT2D eigenvalue weighted by Gasteiger charge is 2.35. The van der Waals surface area contributed by atoms with E-state index in [2.05, 4.69) is 9.37 Å². The van der Waals surface area contributed by atoms with Crippen molar-refractivity contribution in [2.24, 2.45) is 10.9 Å². The van der Waals surface area contributed by atoms with Crippen LogP contribution in [0.1, 0.15) is 36.0 Å². The first-order valence-corrected chi connectivity index (χ1v) is 5.92. The molecule has 1 aromatic heterocycles. The third-order valence-electron chi connectivity index (χ3n) is 3.07. The van der Waals surface area contributed by atoms with E-state index in [-0.39, 0.29) is 22.8 Å². The first-order valence-electron chi connectivity index (χ1n) is 5.10. The number of aromatic nitrogens is 1. The zero-order valence-corrected chi connectivity index (χ0v) is 8.89. The number of fused-ring (bicyclic) bond motifs is 2. The van der Waals surface area contributed by atoms with Gasteiger partial charge >= 0.3 is 0 Å². The third kappa shape index (κ3) is 1.23. The number of carbonyl (C=O) groups is 1. The molecule has 78 valence electrons. The molecule has 0 amide bonds. The molecule has 5 heteroatoms. The lowest BCUT2D eigenvalue weighted by Gasteiger charge is -2.25. The highest BCUT2D eigenvalue weighted by molar-refractivity contribution is 7.10. The van der Waals surface area contributed by atoms with Gasteiger partial charge in [-0.1, -0.05) is 6.42 Å². The van der Waals surface area contributed by atoms with Crippen molar-refractivity contribution in [1.29, 1.82) is 0 Å². The van der Waals surface area contributed by atoms with E-state index in [0.717, 1.165) is 31.4 Å². The summed E-state index contributed by atoms with van der Waals surface area (Å²) in [6.45, 7) is 0. The Morgan fingerprint density at radius 1 is 1.33 bits per heavy atom. The zero-order valence-electron chi connectivity index (χ0n) is 8.08. The van der Waals surface area contributed by atoms with E-state index in [4.69, 9.17) is 0 Å². The molecule has 0 bridgehead atoms. The molecule has 3 rings (SSSR count). The Balaban J connectivity index is 2.19. The summed E-state index contributed by atoms with van der Waals surface area (Å²) in [6.07, 6.45) is 3.93. The van der Waals surface area contributed by atoms with Crippen LogP contribution in [0.5, 0.6) is 0 Å². The monoisotopic (exact) mass is 222 g/mol. The van der Waals surface area contributed by atoms with Crippen LogP contribution < -0.4 is 5.56 Å². The molecule has 1 aliphatic heterocycles. The minimum atomic E-state index is -0.270. The Bertz CT molecular complexity index is 512. The Hall–Kier alpha value is -1.23. The second-order valence-electron chi connectivity index (χ2n) is 3.98. The highest BCUT2D eigenvalue weighted by atomic mass is 32.1. The van der Waals surface area contributed by atoms with Crippen LogP contribution in [0.3, 0.4) is 0 Å². The van der Waals surface area contributed by atoms with Crippen LogP contribution in [0.2, 0.25) is 0 Å². The molecule has 0 radical (unpaired) electrons. The number of Topliss-reactive ketones (excluding diaryl/α,β-unsaturated/α-hetero) is 1. The van der Waals surface area contributed by atoms with Gasteiger partial charge in [-0.05, 0) is 30.8 Å². The first-order chi connectivity index (χ1) is 7.27. The zero-order chi connectivity index (χ0) is 10.4. The lowest BCUT2D eigenvalue weighted by Crippen LogP contribution is -2.32. The van der Waals surface area contributed by atoms with E-state index in [9.17, 15) is 9.59 Å². The molecule has 0 aromatic carbocycles. The number of H-pyrrole nitrogens is 1. The summed E-state index contributed by atoms with van der Waals surface area (Å²) in [5, 5.41) is 0.582. The van der Waals surface area contributed by atoms with E-state index in [1.54, 1.807) is 0 Å². The number of carbonyl (C=O) groups excluding carboxylic acids is 1. The van der Waals surface area contributed by atoms with Crippen molar-refractivity contribution in [3.05, 3.63) is 15.9 Å². The normalized spacial score (nSPS) is 24.4. The van der Waals surface area contributed by atoms with Gasteiger partial charge in [0.1, 0.15) is 10.6 Å². The Kier molecular flexibility index (Phi) is 1.88. The Labute approximate surface area is 90.2 Å². The Morgan fingerprint density at radius 3 is 3.07 bits per heavy atom. The summed E-state index contributed by atoms with van der Waals surface area (Å²) in [6, 6.07) is 0. The highest BCUT2D eigenvalue weighted by Crippen LogP contribution is 2.35. The number of aliphatic imine (C=N–C) groups is 1. The number of ketones is 1. The lowest BCUT2D eigenvalue weighted by atomic mass is 9.81. The predicted molar refractivity (Wildman–Crippen MR) is 58.3 cm³/mol. The third-order valence-corrected chi connectivity index (χ3v) is 3.84. The van der Waals surface area contributed by atoms with Crippen LogP contribution in [0.15, 0.2) is 9.79 Å². The van der Waals surface area contributed by atoms with Gasteiger partial charge in [0.25, 0.3) is 5.56 Å². The van der Waals surface area contributed by atoms with E-state index in [1.807, 2.05) is 0 Å². The maximum atomic E-state index is 12.0. The average Bonchev–Trinajstić information content (AvgIpc) is 2.61. The quantitative estimate of drug-likeness (QED) is 0.728. The Morgan fingerprint density at radius 2 is 2.20 bits per heavy atom. The summed E-state index contributed by atoms with van der Waals surface area (Å²) in [5.41, 5.74) is 0.998. The number of nitrogens with one attached hydrogen (secondary N) is 1. The summed E-state index contributed by atoms with van der Waals surface area (Å²) >= 11 is 1.17. The van der Waals surface area contributed by atoms with Crippen molar-refractivity contribution in [3.63, 3.8) is 0 Å². The van der Waals surface area contributed by atoms with Gasteiger partial charge in [-0.2, -0.15) is 0 Å². The number of nitrogens with zero attached hydrogens (tertiary/aromatic N) is 1. The fraction of sp³-hybridized carbons (Fsp3) is 0.500. The van der Waals surface area contributed by atoms with Gasteiger partial charge in [-0.15, -0.1) is 0 Å². The smallest absolute Gasteiger partial charge is 0.271 e. The maximum absolute atomic E-state index is 12.0. The lowest BCUT2D eigenvalue weighted by molar-refractivity contribution is 0.0941. The molecule has 4 nitrogen and oxygen atoms in total. The van der Waals surface area contributed by atoms with Crippen LogP contribution in [-0.4, -0.2) is 15.9 Å². The summed E-state index contributed by atoms with van der Waals surface area (Å²) in [4.78, 5) is 27.9. The van der Waals surface area contributed by atoms with Gasteiger partial charge in [-0.3, -0.25) is 14.0 Å². The predicted octanol–water partition coefficient (Wildman–Crippen LogP) is 1.90. The standard InChI is InChI=1S/C10H10N2O2S/c13-8-5-3-1-2-4-6(5)11-10-7(8)9(14)12-15-10/h5H,1-4H2,(H,12,14). The van der Waals surface area contributed by atoms with Crippen LogP contribution in [0.4, 0.5) is 5.00 Å². The molecule has 1 aliphatic carbocycles. The fourth-order valence-corrected chi connectivity index (χ4v) is 3.06. The molecule has 2 aliphatic rings. The summed E-state index contributed by atoms with van der Waals surface area (Å²) in [7, 11) is 0. The maximum Gasteiger partial charge on any atom is 0.271 e. The van der Waals surface area contributed by atoms with E-state index in [1.165, 1.54) is 11.5 Å². The van der Waals surface area contributed by atoms with Crippen LogP contribution >= 0.6 is 11.5 Å². The van der Waals surface area contributed by atoms with Gasteiger partial charge in [0.05, 0.1) is 5.92 Å². The van der Waals surface area contributed by atoms with Crippen molar-refractivity contribution in [3.8, 4) is 0 Å². The SMILES string of the molecule is O=C1c2c(s[nH]c2=O)N=C2CCCCC12. The molecule has 2 heterocycles. The minimum absolute atomic E-state index is 0.0165. The first kappa shape index (κ1) is 9.03. The van der Waals surface area contributed by atoms with Crippen LogP contribution in [0, 0.1) is 5.92 Å². The molecule has 1 unspecified atom stereocenters. The average molecular weight is 222 g/mol. The molecule has 1 N–H and O–H groups in total. The van der Waals surface area contributed by atoms with Gasteiger partial charge in [-0.25, -0.2) is 4.99 Å². The molecule has 0 saturated heterocycles. The van der Waals surface area contributed by atoms with Crippen molar-refractivity contribution in [2.75, 3.05) is 0 Å². The summed E-state index contributed by atoms with van der Waals surface area (Å²) < 4.78 is 2.58. The van der Waals surface area contributed by atoms with Crippen LogP contribution in [-0.2, 0) is 0 Å². The molecular formula is C10H10N2O2S. The summed E-state index contributed by atoms with van der Waals surface area (Å²) in [5.74, 6) is -0.126. The van der Waals surface area contributed by atoms with E-state index >= 15 is 0 Å². The number of rotatable bonds is 0. The van der Waals surface area contributed by atoms with E-state index < -0.39 is 0 Å². The fourth-order valence-electron chi connectivity index (χ4n) is 2.31. The van der Waals surface area contributed by atoms with Crippen molar-refractivity contribution >= 4 is 28.0 Å². The number of hydrogen-bond acceptors (Lipinski definition) is 4. The van der Waals surface area contributed by atoms with Gasteiger partial charge < -0.3 is 0 Å². The number of aromatic amines is 1. The molecule has 0 spiro atoms. The minimum Gasteiger partial charge on any atom is -0.293 e. The molecular weight excluding hydrogens is 212 g/mol. The number of hydrogen-bond donors (Lipinski definition) is 1. The van der Waals surface area contributed by atoms with E-state index in [0.29, 0.717) is 5.00 Å². The second kappa shape index (κ2) is 3.13. The molecule has 15 heavy (non-hydrogen) atoms. The van der Waals surface area contributed by atoms with Gasteiger partial charge in [0.2, 0.25) is 0 Å². The second-order valence-corrected chi connectivity index (χ2v) is 4.77. The van der Waals surface area contributed by atoms with Gasteiger partial charge in [0, 0.05) is 5.71 Å². The molecule has 1 fully saturated rings. The topological polar surface area (TPSA) is 62.3 Å².